The van der Waals surface area contributed by atoms with E-state index in [0.717, 1.165) is 11.3 Å². The van der Waals surface area contributed by atoms with Gasteiger partial charge in [-0.2, -0.15) is 0 Å². The number of methoxy groups -OCH3 is 2. The average Bonchev–Trinajstić information content (AvgIpc) is 3.17. The van der Waals surface area contributed by atoms with Gasteiger partial charge in [-0.15, -0.1) is 11.3 Å². The van der Waals surface area contributed by atoms with Crippen LogP contribution < -0.4 is 20.1 Å². The van der Waals surface area contributed by atoms with Crippen LogP contribution in [0.15, 0.2) is 48.1 Å². The number of thiazole rings is 1. The number of rotatable bonds is 8. The molecule has 8 heteroatoms. The van der Waals surface area contributed by atoms with E-state index < -0.39 is 0 Å². The molecule has 1 aromatic carbocycles. The molecule has 0 radical (unpaired) electrons. The first-order valence-corrected chi connectivity index (χ1v) is 9.19. The number of benzene rings is 1. The van der Waals surface area contributed by atoms with Crippen molar-refractivity contribution < 1.29 is 14.3 Å². The lowest BCUT2D eigenvalue weighted by molar-refractivity contribution is 0.0950. The molecule has 140 valence electrons. The molecule has 3 aromatic rings. The fourth-order valence-corrected chi connectivity index (χ4v) is 3.15. The van der Waals surface area contributed by atoms with Gasteiger partial charge in [0.15, 0.2) is 16.6 Å². The van der Waals surface area contributed by atoms with Crippen molar-refractivity contribution in [3.8, 4) is 11.5 Å². The predicted molar refractivity (Wildman–Crippen MR) is 105 cm³/mol. The number of nitrogens with one attached hydrogen (secondary N) is 2. The highest BCUT2D eigenvalue weighted by Crippen LogP contribution is 2.27. The Morgan fingerprint density at radius 1 is 1.19 bits per heavy atom. The van der Waals surface area contributed by atoms with Gasteiger partial charge in [-0.1, -0.05) is 6.07 Å². The number of ether oxygens (including phenoxy) is 2. The third-order valence-electron chi connectivity index (χ3n) is 3.80. The molecule has 0 aliphatic rings. The highest BCUT2D eigenvalue weighted by atomic mass is 32.1. The summed E-state index contributed by atoms with van der Waals surface area (Å²) >= 11 is 1.37. The molecular formula is C19H20N4O3S. The van der Waals surface area contributed by atoms with Crippen LogP contribution in [-0.2, 0) is 6.42 Å². The Morgan fingerprint density at radius 2 is 2.04 bits per heavy atom. The fraction of sp³-hybridized carbons (Fsp3) is 0.211. The Kier molecular flexibility index (Phi) is 6.22. The summed E-state index contributed by atoms with van der Waals surface area (Å²) in [7, 11) is 3.20. The van der Waals surface area contributed by atoms with Crippen LogP contribution in [0.3, 0.4) is 0 Å². The van der Waals surface area contributed by atoms with Gasteiger partial charge in [-0.05, 0) is 36.2 Å². The van der Waals surface area contributed by atoms with Crippen molar-refractivity contribution in [1.82, 2.24) is 15.3 Å². The second-order valence-corrected chi connectivity index (χ2v) is 6.46. The summed E-state index contributed by atoms with van der Waals surface area (Å²) in [6.45, 7) is 0.497. The quantitative estimate of drug-likeness (QED) is 0.620. The molecule has 0 aliphatic carbocycles. The number of amides is 1. The van der Waals surface area contributed by atoms with E-state index in [-0.39, 0.29) is 5.91 Å². The number of nitrogens with zero attached hydrogens (tertiary/aromatic N) is 2. The molecule has 7 nitrogen and oxygen atoms in total. The van der Waals surface area contributed by atoms with Crippen LogP contribution in [0.1, 0.15) is 16.1 Å². The third kappa shape index (κ3) is 4.95. The summed E-state index contributed by atoms with van der Waals surface area (Å²) in [5.74, 6) is 1.15. The Hall–Kier alpha value is -3.13. The molecule has 2 heterocycles. The minimum absolute atomic E-state index is 0.203. The van der Waals surface area contributed by atoms with E-state index in [1.54, 1.807) is 32.0 Å². The van der Waals surface area contributed by atoms with Crippen molar-refractivity contribution in [1.29, 1.82) is 0 Å². The van der Waals surface area contributed by atoms with Crippen molar-refractivity contribution in [2.24, 2.45) is 0 Å². The smallest absolute Gasteiger partial charge is 0.270 e. The molecule has 0 aliphatic heterocycles. The van der Waals surface area contributed by atoms with Gasteiger partial charge in [0.05, 0.1) is 26.1 Å². The number of pyridine rings is 1. The van der Waals surface area contributed by atoms with E-state index in [4.69, 9.17) is 9.47 Å². The maximum absolute atomic E-state index is 12.3. The van der Waals surface area contributed by atoms with Gasteiger partial charge in [-0.3, -0.25) is 9.78 Å². The van der Waals surface area contributed by atoms with E-state index in [0.29, 0.717) is 35.3 Å². The number of aromatic nitrogens is 2. The number of anilines is 2. The first-order chi connectivity index (χ1) is 13.2. The second kappa shape index (κ2) is 9.00. The van der Waals surface area contributed by atoms with Gasteiger partial charge in [0.25, 0.3) is 5.91 Å². The molecule has 27 heavy (non-hydrogen) atoms. The van der Waals surface area contributed by atoms with Gasteiger partial charge in [0.2, 0.25) is 0 Å². The predicted octanol–water partition coefficient (Wildman–Crippen LogP) is 3.27. The Bertz CT molecular complexity index is 899. The molecule has 1 amide bonds. The van der Waals surface area contributed by atoms with Crippen molar-refractivity contribution in [2.75, 3.05) is 26.1 Å². The van der Waals surface area contributed by atoms with Crippen LogP contribution in [0.25, 0.3) is 0 Å². The molecule has 3 rings (SSSR count). The maximum atomic E-state index is 12.3. The van der Waals surface area contributed by atoms with E-state index in [9.17, 15) is 4.79 Å². The number of hydrogen-bond acceptors (Lipinski definition) is 7. The molecule has 0 spiro atoms. The van der Waals surface area contributed by atoms with E-state index in [1.165, 1.54) is 11.3 Å². The number of carbonyl (C=O) groups excluding carboxylic acids is 1. The maximum Gasteiger partial charge on any atom is 0.270 e. The Morgan fingerprint density at radius 3 is 2.78 bits per heavy atom. The van der Waals surface area contributed by atoms with Gasteiger partial charge >= 0.3 is 0 Å². The molecule has 2 aromatic heterocycles. The highest BCUT2D eigenvalue weighted by Gasteiger charge is 2.11. The standard InChI is InChI=1S/C19H20N4O3S/c1-25-16-6-5-13(10-17(16)26-2)7-9-21-18(24)15-12-27-19(23-15)22-14-4-3-8-20-11-14/h3-6,8,10-12H,7,9H2,1-2H3,(H,21,24)(H,22,23). The topological polar surface area (TPSA) is 85.4 Å². The Balaban J connectivity index is 1.52. The summed E-state index contributed by atoms with van der Waals surface area (Å²) < 4.78 is 10.5. The summed E-state index contributed by atoms with van der Waals surface area (Å²) in [6, 6.07) is 9.43. The molecule has 0 fully saturated rings. The van der Waals surface area contributed by atoms with Crippen LogP contribution in [0.4, 0.5) is 10.8 Å². The number of hydrogen-bond donors (Lipinski definition) is 2. The van der Waals surface area contributed by atoms with Crippen molar-refractivity contribution in [3.63, 3.8) is 0 Å². The van der Waals surface area contributed by atoms with Crippen LogP contribution >= 0.6 is 11.3 Å². The van der Waals surface area contributed by atoms with Gasteiger partial charge in [0, 0.05) is 18.1 Å². The summed E-state index contributed by atoms with van der Waals surface area (Å²) in [5.41, 5.74) is 2.26. The first-order valence-electron chi connectivity index (χ1n) is 8.31. The lowest BCUT2D eigenvalue weighted by Crippen LogP contribution is -2.26. The van der Waals surface area contributed by atoms with Crippen LogP contribution in [0, 0.1) is 0 Å². The van der Waals surface area contributed by atoms with Crippen LogP contribution in [0.5, 0.6) is 11.5 Å². The second-order valence-electron chi connectivity index (χ2n) is 5.60. The minimum atomic E-state index is -0.203. The summed E-state index contributed by atoms with van der Waals surface area (Å²) in [5, 5.41) is 8.38. The lowest BCUT2D eigenvalue weighted by Gasteiger charge is -2.09. The zero-order chi connectivity index (χ0) is 19.1. The molecular weight excluding hydrogens is 364 g/mol. The van der Waals surface area contributed by atoms with Crippen LogP contribution in [0.2, 0.25) is 0 Å². The highest BCUT2D eigenvalue weighted by molar-refractivity contribution is 7.14. The van der Waals surface area contributed by atoms with E-state index in [1.807, 2.05) is 30.3 Å². The van der Waals surface area contributed by atoms with Crippen molar-refractivity contribution in [3.05, 3.63) is 59.4 Å². The van der Waals surface area contributed by atoms with Gasteiger partial charge in [0.1, 0.15) is 5.69 Å². The van der Waals surface area contributed by atoms with Gasteiger partial charge in [-0.25, -0.2) is 4.98 Å². The molecule has 0 atom stereocenters. The molecule has 0 unspecified atom stereocenters. The average molecular weight is 384 g/mol. The largest absolute Gasteiger partial charge is 0.493 e. The van der Waals surface area contributed by atoms with E-state index >= 15 is 0 Å². The monoisotopic (exact) mass is 384 g/mol. The summed E-state index contributed by atoms with van der Waals surface area (Å²) in [4.78, 5) is 20.6. The first kappa shape index (κ1) is 18.7. The molecule has 0 saturated heterocycles. The lowest BCUT2D eigenvalue weighted by atomic mass is 10.1. The minimum Gasteiger partial charge on any atom is -0.493 e. The SMILES string of the molecule is COc1ccc(CCNC(=O)c2csc(Nc3cccnc3)n2)cc1OC. The van der Waals surface area contributed by atoms with Crippen molar-refractivity contribution in [2.45, 2.75) is 6.42 Å². The molecule has 2 N–H and O–H groups in total. The van der Waals surface area contributed by atoms with Crippen molar-refractivity contribution >= 4 is 28.1 Å². The molecule has 0 bridgehead atoms. The third-order valence-corrected chi connectivity index (χ3v) is 4.55. The molecule has 0 saturated carbocycles. The zero-order valence-corrected chi connectivity index (χ0v) is 15.9. The fourth-order valence-electron chi connectivity index (χ4n) is 2.44. The van der Waals surface area contributed by atoms with Crippen LogP contribution in [-0.4, -0.2) is 36.6 Å². The van der Waals surface area contributed by atoms with Gasteiger partial charge < -0.3 is 20.1 Å². The number of carbonyl (C=O) groups is 1. The van der Waals surface area contributed by atoms with E-state index in [2.05, 4.69) is 20.6 Å². The summed E-state index contributed by atoms with van der Waals surface area (Å²) in [6.07, 6.45) is 4.08. The zero-order valence-electron chi connectivity index (χ0n) is 15.1. The normalized spacial score (nSPS) is 10.3. The Labute approximate surface area is 161 Å².